The molecule has 2 amide bonds. The van der Waals surface area contributed by atoms with Crippen molar-refractivity contribution in [3.63, 3.8) is 0 Å². The Balaban J connectivity index is 1.71. The van der Waals surface area contributed by atoms with Crippen LogP contribution in [0.3, 0.4) is 0 Å². The van der Waals surface area contributed by atoms with Gasteiger partial charge in [-0.3, -0.25) is 9.59 Å². The molecule has 2 heterocycles. The molecule has 2 rings (SSSR count). The molecule has 0 bridgehead atoms. The highest BCUT2D eigenvalue weighted by molar-refractivity contribution is 7.13. The lowest BCUT2D eigenvalue weighted by Gasteiger charge is -2.15. The molecule has 0 aliphatic rings. The maximum atomic E-state index is 11.9. The quantitative estimate of drug-likeness (QED) is 0.749. The molecule has 0 saturated carbocycles. The van der Waals surface area contributed by atoms with E-state index in [1.54, 1.807) is 17.9 Å². The molecular formula is C16H23N5O2S. The van der Waals surface area contributed by atoms with Crippen molar-refractivity contribution < 1.29 is 9.59 Å². The van der Waals surface area contributed by atoms with E-state index >= 15 is 0 Å². The Hall–Kier alpha value is -2.22. The van der Waals surface area contributed by atoms with Crippen molar-refractivity contribution in [1.82, 2.24) is 19.9 Å². The van der Waals surface area contributed by atoms with Gasteiger partial charge in [0, 0.05) is 36.3 Å². The number of rotatable bonds is 7. The summed E-state index contributed by atoms with van der Waals surface area (Å²) in [6.07, 6.45) is 6.44. The van der Waals surface area contributed by atoms with Crippen LogP contribution in [-0.2, 0) is 22.6 Å². The predicted molar refractivity (Wildman–Crippen MR) is 93.8 cm³/mol. The number of carbonyl (C=O) groups excluding carboxylic acids is 2. The molecule has 0 atom stereocenters. The molecule has 2 aromatic rings. The number of thiazole rings is 1. The molecule has 0 spiro atoms. The summed E-state index contributed by atoms with van der Waals surface area (Å²) in [4.78, 5) is 32.1. The van der Waals surface area contributed by atoms with E-state index in [2.05, 4.69) is 20.6 Å². The summed E-state index contributed by atoms with van der Waals surface area (Å²) in [6, 6.07) is 0. The fourth-order valence-corrected chi connectivity index (χ4v) is 2.57. The molecular weight excluding hydrogens is 326 g/mol. The Morgan fingerprint density at radius 3 is 2.79 bits per heavy atom. The molecule has 7 nitrogen and oxygen atoms in total. The molecule has 130 valence electrons. The number of nitrogens with zero attached hydrogens (tertiary/aromatic N) is 3. The summed E-state index contributed by atoms with van der Waals surface area (Å²) >= 11 is 1.33. The molecule has 0 radical (unpaired) electrons. The summed E-state index contributed by atoms with van der Waals surface area (Å²) in [6.45, 7) is 6.95. The highest BCUT2D eigenvalue weighted by Crippen LogP contribution is 2.20. The van der Waals surface area contributed by atoms with Gasteiger partial charge in [-0.2, -0.15) is 0 Å². The van der Waals surface area contributed by atoms with E-state index in [9.17, 15) is 9.59 Å². The highest BCUT2D eigenvalue weighted by atomic mass is 32.1. The molecule has 2 aromatic heterocycles. The zero-order valence-electron chi connectivity index (χ0n) is 14.2. The second kappa shape index (κ2) is 8.05. The van der Waals surface area contributed by atoms with Gasteiger partial charge in [0.1, 0.15) is 0 Å². The first-order chi connectivity index (χ1) is 11.3. The molecule has 0 saturated heterocycles. The second-order valence-corrected chi connectivity index (χ2v) is 7.39. The second-order valence-electron chi connectivity index (χ2n) is 6.53. The SMILES string of the molecule is CC(C)(C)C(=O)Nc1nc(CC(=O)NCCCn2ccnc2)cs1. The lowest BCUT2D eigenvalue weighted by atomic mass is 9.96. The molecule has 0 aliphatic heterocycles. The van der Waals surface area contributed by atoms with Gasteiger partial charge in [-0.1, -0.05) is 20.8 Å². The first-order valence-corrected chi connectivity index (χ1v) is 8.71. The van der Waals surface area contributed by atoms with Crippen LogP contribution in [0.15, 0.2) is 24.1 Å². The molecule has 0 fully saturated rings. The van der Waals surface area contributed by atoms with Crippen LogP contribution in [-0.4, -0.2) is 32.9 Å². The van der Waals surface area contributed by atoms with Crippen LogP contribution in [0.2, 0.25) is 0 Å². The fraction of sp³-hybridized carbons (Fsp3) is 0.500. The van der Waals surface area contributed by atoms with E-state index in [1.165, 1.54) is 11.3 Å². The number of anilines is 1. The van der Waals surface area contributed by atoms with E-state index in [4.69, 9.17) is 0 Å². The summed E-state index contributed by atoms with van der Waals surface area (Å²) in [5.74, 6) is -0.160. The smallest absolute Gasteiger partial charge is 0.231 e. The lowest BCUT2D eigenvalue weighted by molar-refractivity contribution is -0.123. The van der Waals surface area contributed by atoms with Crippen LogP contribution >= 0.6 is 11.3 Å². The van der Waals surface area contributed by atoms with E-state index < -0.39 is 5.41 Å². The third kappa shape index (κ3) is 5.77. The van der Waals surface area contributed by atoms with Crippen molar-refractivity contribution in [2.24, 2.45) is 5.41 Å². The monoisotopic (exact) mass is 349 g/mol. The number of amides is 2. The normalized spacial score (nSPS) is 11.3. The number of nitrogens with one attached hydrogen (secondary N) is 2. The predicted octanol–water partition coefficient (Wildman–Crippen LogP) is 2.07. The van der Waals surface area contributed by atoms with Crippen LogP contribution in [0.25, 0.3) is 0 Å². The van der Waals surface area contributed by atoms with Gasteiger partial charge in [-0.25, -0.2) is 9.97 Å². The maximum Gasteiger partial charge on any atom is 0.231 e. The van der Waals surface area contributed by atoms with Gasteiger partial charge >= 0.3 is 0 Å². The number of aromatic nitrogens is 3. The lowest BCUT2D eigenvalue weighted by Crippen LogP contribution is -2.28. The first-order valence-electron chi connectivity index (χ1n) is 7.83. The Morgan fingerprint density at radius 1 is 1.33 bits per heavy atom. The van der Waals surface area contributed by atoms with Gasteiger partial charge in [0.25, 0.3) is 0 Å². The van der Waals surface area contributed by atoms with Gasteiger partial charge < -0.3 is 15.2 Å². The zero-order valence-corrected chi connectivity index (χ0v) is 15.0. The molecule has 0 aromatic carbocycles. The summed E-state index contributed by atoms with van der Waals surface area (Å²) < 4.78 is 1.97. The molecule has 24 heavy (non-hydrogen) atoms. The van der Waals surface area contributed by atoms with Crippen LogP contribution in [0.1, 0.15) is 32.9 Å². The van der Waals surface area contributed by atoms with Gasteiger partial charge in [-0.15, -0.1) is 11.3 Å². The Bertz CT molecular complexity index is 673. The van der Waals surface area contributed by atoms with Crippen LogP contribution < -0.4 is 10.6 Å². The minimum absolute atomic E-state index is 0.0698. The standard InChI is InChI=1S/C16H23N5O2S/c1-16(2,3)14(23)20-15-19-12(10-24-15)9-13(22)18-5-4-7-21-8-6-17-11-21/h6,8,10-11H,4-5,7,9H2,1-3H3,(H,18,22)(H,19,20,23). The Kier molecular flexibility index (Phi) is 6.08. The molecule has 8 heteroatoms. The third-order valence-electron chi connectivity index (χ3n) is 3.27. The number of carbonyl (C=O) groups is 2. The number of hydrogen-bond acceptors (Lipinski definition) is 5. The number of hydrogen-bond donors (Lipinski definition) is 2. The average molecular weight is 349 g/mol. The minimum Gasteiger partial charge on any atom is -0.356 e. The van der Waals surface area contributed by atoms with E-state index in [0.717, 1.165) is 13.0 Å². The van der Waals surface area contributed by atoms with Gasteiger partial charge in [-0.05, 0) is 6.42 Å². The highest BCUT2D eigenvalue weighted by Gasteiger charge is 2.22. The van der Waals surface area contributed by atoms with Gasteiger partial charge in [0.2, 0.25) is 11.8 Å². The van der Waals surface area contributed by atoms with Crippen LogP contribution in [0.4, 0.5) is 5.13 Å². The number of aryl methyl sites for hydroxylation is 1. The molecule has 0 unspecified atom stereocenters. The van der Waals surface area contributed by atoms with Crippen molar-refractivity contribution in [2.75, 3.05) is 11.9 Å². The van der Waals surface area contributed by atoms with Crippen molar-refractivity contribution in [2.45, 2.75) is 40.2 Å². The summed E-state index contributed by atoms with van der Waals surface area (Å²) in [5.41, 5.74) is 0.189. The van der Waals surface area contributed by atoms with E-state index in [1.807, 2.05) is 31.5 Å². The van der Waals surface area contributed by atoms with Crippen molar-refractivity contribution in [3.8, 4) is 0 Å². The largest absolute Gasteiger partial charge is 0.356 e. The average Bonchev–Trinajstić information content (AvgIpc) is 3.14. The molecule has 2 N–H and O–H groups in total. The van der Waals surface area contributed by atoms with E-state index in [-0.39, 0.29) is 18.2 Å². The zero-order chi connectivity index (χ0) is 17.6. The van der Waals surface area contributed by atoms with Gasteiger partial charge in [0.05, 0.1) is 18.4 Å². The van der Waals surface area contributed by atoms with Gasteiger partial charge in [0.15, 0.2) is 5.13 Å². The maximum absolute atomic E-state index is 11.9. The Morgan fingerprint density at radius 2 is 2.12 bits per heavy atom. The number of imidazole rings is 1. The Labute approximate surface area is 145 Å². The van der Waals surface area contributed by atoms with Crippen LogP contribution in [0.5, 0.6) is 0 Å². The van der Waals surface area contributed by atoms with Crippen molar-refractivity contribution in [3.05, 3.63) is 29.8 Å². The van der Waals surface area contributed by atoms with Crippen molar-refractivity contribution in [1.29, 1.82) is 0 Å². The summed E-state index contributed by atoms with van der Waals surface area (Å²) in [5, 5.41) is 7.96. The topological polar surface area (TPSA) is 88.9 Å². The third-order valence-corrected chi connectivity index (χ3v) is 4.08. The molecule has 0 aliphatic carbocycles. The summed E-state index contributed by atoms with van der Waals surface area (Å²) in [7, 11) is 0. The van der Waals surface area contributed by atoms with Crippen LogP contribution in [0, 0.1) is 5.41 Å². The van der Waals surface area contributed by atoms with Crippen molar-refractivity contribution >= 4 is 28.3 Å². The first kappa shape index (κ1) is 18.1. The minimum atomic E-state index is -0.474. The van der Waals surface area contributed by atoms with E-state index in [0.29, 0.717) is 17.4 Å². The fourth-order valence-electron chi connectivity index (χ4n) is 1.87.